The molecule has 0 aliphatic rings. The second kappa shape index (κ2) is 11.5. The molecular formula is C15H25N5O2. The lowest BCUT2D eigenvalue weighted by molar-refractivity contribution is -0.119. The van der Waals surface area contributed by atoms with Gasteiger partial charge < -0.3 is 20.7 Å². The minimum atomic E-state index is -0.126. The second-order valence-corrected chi connectivity index (χ2v) is 4.54. The number of amides is 1. The average molecular weight is 307 g/mol. The number of carbonyl (C=O) groups is 1. The molecule has 22 heavy (non-hydrogen) atoms. The van der Waals surface area contributed by atoms with Crippen molar-refractivity contribution in [3.05, 3.63) is 30.1 Å². The second-order valence-electron chi connectivity index (χ2n) is 4.54. The first-order valence-electron chi connectivity index (χ1n) is 7.44. The van der Waals surface area contributed by atoms with E-state index in [2.05, 4.69) is 25.9 Å². The highest BCUT2D eigenvalue weighted by Crippen LogP contribution is 1.92. The number of hydrogen-bond donors (Lipinski definition) is 3. The van der Waals surface area contributed by atoms with E-state index < -0.39 is 0 Å². The molecule has 0 saturated heterocycles. The maximum absolute atomic E-state index is 11.6. The van der Waals surface area contributed by atoms with Crippen LogP contribution in [0.2, 0.25) is 0 Å². The lowest BCUT2D eigenvalue weighted by Crippen LogP contribution is -2.39. The molecule has 1 amide bonds. The van der Waals surface area contributed by atoms with E-state index in [9.17, 15) is 4.79 Å². The van der Waals surface area contributed by atoms with Gasteiger partial charge in [-0.2, -0.15) is 0 Å². The Morgan fingerprint density at radius 2 is 2.14 bits per heavy atom. The van der Waals surface area contributed by atoms with Crippen molar-refractivity contribution >= 4 is 11.9 Å². The Hall–Kier alpha value is -2.15. The minimum absolute atomic E-state index is 0.0859. The summed E-state index contributed by atoms with van der Waals surface area (Å²) in [6.07, 6.45) is 2.57. The van der Waals surface area contributed by atoms with E-state index >= 15 is 0 Å². The fourth-order valence-corrected chi connectivity index (χ4v) is 1.70. The molecule has 0 atom stereocenters. The number of nitrogens with zero attached hydrogens (tertiary/aromatic N) is 2. The Morgan fingerprint density at radius 3 is 2.82 bits per heavy atom. The molecule has 0 fully saturated rings. The van der Waals surface area contributed by atoms with Crippen LogP contribution in [0.15, 0.2) is 29.4 Å². The van der Waals surface area contributed by atoms with Crippen molar-refractivity contribution in [1.29, 1.82) is 0 Å². The van der Waals surface area contributed by atoms with Gasteiger partial charge in [-0.15, -0.1) is 0 Å². The van der Waals surface area contributed by atoms with Crippen LogP contribution in [0.4, 0.5) is 0 Å². The fraction of sp³-hybridized carbons (Fsp3) is 0.533. The molecule has 0 aromatic carbocycles. The van der Waals surface area contributed by atoms with E-state index in [1.807, 2.05) is 25.1 Å². The highest BCUT2D eigenvalue weighted by atomic mass is 16.5. The van der Waals surface area contributed by atoms with Crippen LogP contribution in [0.1, 0.15) is 12.6 Å². The minimum Gasteiger partial charge on any atom is -0.383 e. The van der Waals surface area contributed by atoms with Crippen LogP contribution in [-0.4, -0.2) is 56.7 Å². The molecule has 0 unspecified atom stereocenters. The number of hydrogen-bond acceptors (Lipinski definition) is 4. The summed E-state index contributed by atoms with van der Waals surface area (Å²) >= 11 is 0. The number of aliphatic imine (C=N–C) groups is 1. The van der Waals surface area contributed by atoms with Crippen molar-refractivity contribution in [2.75, 3.05) is 39.9 Å². The Kier molecular flexibility index (Phi) is 9.36. The summed E-state index contributed by atoms with van der Waals surface area (Å²) in [5, 5.41) is 9.02. The zero-order chi connectivity index (χ0) is 16.0. The summed E-state index contributed by atoms with van der Waals surface area (Å²) < 4.78 is 4.87. The van der Waals surface area contributed by atoms with Gasteiger partial charge in [0.15, 0.2) is 5.96 Å². The average Bonchev–Trinajstić information content (AvgIpc) is 2.54. The van der Waals surface area contributed by atoms with Crippen LogP contribution >= 0.6 is 0 Å². The predicted molar refractivity (Wildman–Crippen MR) is 86.8 cm³/mol. The molecule has 122 valence electrons. The highest BCUT2D eigenvalue weighted by molar-refractivity contribution is 5.84. The predicted octanol–water partition coefficient (Wildman–Crippen LogP) is -0.0582. The monoisotopic (exact) mass is 307 g/mol. The number of nitrogens with one attached hydrogen (secondary N) is 3. The van der Waals surface area contributed by atoms with E-state index in [0.717, 1.165) is 18.7 Å². The zero-order valence-corrected chi connectivity index (χ0v) is 13.3. The number of guanidine groups is 1. The van der Waals surface area contributed by atoms with Gasteiger partial charge in [0.25, 0.3) is 0 Å². The molecule has 7 heteroatoms. The van der Waals surface area contributed by atoms with Crippen molar-refractivity contribution < 1.29 is 9.53 Å². The summed E-state index contributed by atoms with van der Waals surface area (Å²) in [6, 6.07) is 5.84. The fourth-order valence-electron chi connectivity index (χ4n) is 1.70. The molecular weight excluding hydrogens is 282 g/mol. The molecule has 1 heterocycles. The van der Waals surface area contributed by atoms with Gasteiger partial charge in [-0.25, -0.2) is 4.99 Å². The Bertz CT molecular complexity index is 451. The molecule has 0 aliphatic carbocycles. The quantitative estimate of drug-likeness (QED) is 0.338. The standard InChI is InChI=1S/C15H25N5O2/c1-3-16-15(20-12-14(21)18-10-11-22-2)19-9-7-13-6-4-5-8-17-13/h4-6,8H,3,7,9-12H2,1-2H3,(H,18,21)(H2,16,19,20). The molecule has 1 aromatic heterocycles. The Morgan fingerprint density at radius 1 is 1.27 bits per heavy atom. The Balaban J connectivity index is 2.33. The van der Waals surface area contributed by atoms with Crippen molar-refractivity contribution in [3.8, 4) is 0 Å². The molecule has 1 aromatic rings. The maximum Gasteiger partial charge on any atom is 0.241 e. The van der Waals surface area contributed by atoms with Gasteiger partial charge in [0.05, 0.1) is 6.61 Å². The van der Waals surface area contributed by atoms with Gasteiger partial charge in [0.2, 0.25) is 5.91 Å². The number of methoxy groups -OCH3 is 1. The normalized spacial score (nSPS) is 11.1. The molecule has 0 aliphatic heterocycles. The number of ether oxygens (including phenoxy) is 1. The van der Waals surface area contributed by atoms with Crippen molar-refractivity contribution in [1.82, 2.24) is 20.9 Å². The van der Waals surface area contributed by atoms with Crippen molar-refractivity contribution in [2.24, 2.45) is 4.99 Å². The summed E-state index contributed by atoms with van der Waals surface area (Å²) in [5.74, 6) is 0.499. The lowest BCUT2D eigenvalue weighted by Gasteiger charge is -2.11. The molecule has 0 bridgehead atoms. The number of rotatable bonds is 9. The van der Waals surface area contributed by atoms with Crippen LogP contribution < -0.4 is 16.0 Å². The Labute approximate surface area is 131 Å². The summed E-state index contributed by atoms with van der Waals surface area (Å²) in [6.45, 7) is 4.50. The molecule has 0 spiro atoms. The van der Waals surface area contributed by atoms with Crippen molar-refractivity contribution in [3.63, 3.8) is 0 Å². The van der Waals surface area contributed by atoms with Gasteiger partial charge in [0, 0.05) is 45.1 Å². The van der Waals surface area contributed by atoms with Gasteiger partial charge in [0.1, 0.15) is 6.54 Å². The number of pyridine rings is 1. The zero-order valence-electron chi connectivity index (χ0n) is 13.3. The van der Waals surface area contributed by atoms with E-state index in [-0.39, 0.29) is 12.5 Å². The number of carbonyl (C=O) groups excluding carboxylic acids is 1. The van der Waals surface area contributed by atoms with Gasteiger partial charge in [-0.05, 0) is 19.1 Å². The van der Waals surface area contributed by atoms with E-state index in [4.69, 9.17) is 4.74 Å². The molecule has 0 saturated carbocycles. The topological polar surface area (TPSA) is 87.6 Å². The van der Waals surface area contributed by atoms with Crippen molar-refractivity contribution in [2.45, 2.75) is 13.3 Å². The van der Waals surface area contributed by atoms with Crippen LogP contribution in [-0.2, 0) is 16.0 Å². The van der Waals surface area contributed by atoms with E-state index in [0.29, 0.717) is 25.7 Å². The van der Waals surface area contributed by atoms with E-state index in [1.54, 1.807) is 13.3 Å². The molecule has 7 nitrogen and oxygen atoms in total. The smallest absolute Gasteiger partial charge is 0.241 e. The third-order valence-corrected chi connectivity index (χ3v) is 2.75. The van der Waals surface area contributed by atoms with Crippen LogP contribution in [0.3, 0.4) is 0 Å². The first kappa shape index (κ1) is 17.9. The largest absolute Gasteiger partial charge is 0.383 e. The molecule has 3 N–H and O–H groups in total. The maximum atomic E-state index is 11.6. The summed E-state index contributed by atoms with van der Waals surface area (Å²) in [5.41, 5.74) is 1.02. The van der Waals surface area contributed by atoms with Crippen LogP contribution in [0.5, 0.6) is 0 Å². The van der Waals surface area contributed by atoms with Gasteiger partial charge in [-0.1, -0.05) is 6.07 Å². The third kappa shape index (κ3) is 8.21. The lowest BCUT2D eigenvalue weighted by atomic mass is 10.3. The van der Waals surface area contributed by atoms with Crippen LogP contribution in [0.25, 0.3) is 0 Å². The first-order valence-corrected chi connectivity index (χ1v) is 7.44. The summed E-state index contributed by atoms with van der Waals surface area (Å²) in [7, 11) is 1.60. The SMILES string of the molecule is CCNC(=NCC(=O)NCCOC)NCCc1ccccn1. The molecule has 0 radical (unpaired) electrons. The molecule has 1 rings (SSSR count). The van der Waals surface area contributed by atoms with Crippen LogP contribution in [0, 0.1) is 0 Å². The van der Waals surface area contributed by atoms with Gasteiger partial charge >= 0.3 is 0 Å². The van der Waals surface area contributed by atoms with Gasteiger partial charge in [-0.3, -0.25) is 9.78 Å². The highest BCUT2D eigenvalue weighted by Gasteiger charge is 2.02. The number of aromatic nitrogens is 1. The summed E-state index contributed by atoms with van der Waals surface area (Å²) in [4.78, 5) is 20.1. The third-order valence-electron chi connectivity index (χ3n) is 2.75. The first-order chi connectivity index (χ1) is 10.8. The van der Waals surface area contributed by atoms with E-state index in [1.165, 1.54) is 0 Å².